The molecule has 0 aromatic heterocycles. The Balaban J connectivity index is 1.63. The molecule has 0 spiro atoms. The van der Waals surface area contributed by atoms with Crippen molar-refractivity contribution in [3.8, 4) is 5.75 Å². The van der Waals surface area contributed by atoms with Gasteiger partial charge in [-0.3, -0.25) is 4.99 Å². The standard InChI is InChI=1S/C20H33N3O2/c1-3-24-19-13-8-7-10-17(19)16-23-20(21-2)22-14-9-15-25-18-11-5-4-6-12-18/h7-8,10,13,18H,3-6,9,11-12,14-16H2,1-2H3,(H2,21,22,23). The summed E-state index contributed by atoms with van der Waals surface area (Å²) in [6, 6.07) is 8.09. The Morgan fingerprint density at radius 2 is 1.96 bits per heavy atom. The van der Waals surface area contributed by atoms with Crippen LogP contribution in [0.2, 0.25) is 0 Å². The summed E-state index contributed by atoms with van der Waals surface area (Å²) in [5.74, 6) is 1.73. The number of benzene rings is 1. The summed E-state index contributed by atoms with van der Waals surface area (Å²) < 4.78 is 11.6. The lowest BCUT2D eigenvalue weighted by Gasteiger charge is -2.22. The van der Waals surface area contributed by atoms with Gasteiger partial charge in [-0.2, -0.15) is 0 Å². The normalized spacial score (nSPS) is 15.8. The molecule has 140 valence electrons. The molecule has 0 saturated heterocycles. The van der Waals surface area contributed by atoms with Gasteiger partial charge in [0.25, 0.3) is 0 Å². The maximum absolute atomic E-state index is 5.95. The number of nitrogens with one attached hydrogen (secondary N) is 2. The Morgan fingerprint density at radius 1 is 1.16 bits per heavy atom. The molecule has 0 amide bonds. The van der Waals surface area contributed by atoms with E-state index in [0.29, 0.717) is 19.3 Å². The Hall–Kier alpha value is -1.75. The molecule has 1 aromatic rings. The van der Waals surface area contributed by atoms with Crippen LogP contribution in [0.25, 0.3) is 0 Å². The van der Waals surface area contributed by atoms with Gasteiger partial charge in [0.15, 0.2) is 5.96 Å². The van der Waals surface area contributed by atoms with Crippen LogP contribution in [0.5, 0.6) is 5.75 Å². The summed E-state index contributed by atoms with van der Waals surface area (Å²) >= 11 is 0. The van der Waals surface area contributed by atoms with E-state index < -0.39 is 0 Å². The number of hydrogen-bond donors (Lipinski definition) is 2. The van der Waals surface area contributed by atoms with Crippen molar-refractivity contribution in [2.75, 3.05) is 26.8 Å². The van der Waals surface area contributed by atoms with Crippen LogP contribution in [0.15, 0.2) is 29.3 Å². The first-order valence-electron chi connectivity index (χ1n) is 9.60. The largest absolute Gasteiger partial charge is 0.494 e. The van der Waals surface area contributed by atoms with E-state index in [0.717, 1.165) is 36.8 Å². The van der Waals surface area contributed by atoms with E-state index in [4.69, 9.17) is 9.47 Å². The minimum absolute atomic E-state index is 0.487. The van der Waals surface area contributed by atoms with Gasteiger partial charge in [-0.05, 0) is 32.3 Å². The third kappa shape index (κ3) is 7.34. The van der Waals surface area contributed by atoms with Gasteiger partial charge in [-0.1, -0.05) is 37.5 Å². The molecule has 5 heteroatoms. The van der Waals surface area contributed by atoms with Crippen LogP contribution in [-0.2, 0) is 11.3 Å². The lowest BCUT2D eigenvalue weighted by molar-refractivity contribution is 0.0277. The van der Waals surface area contributed by atoms with E-state index in [9.17, 15) is 0 Å². The SMILES string of the molecule is CCOc1ccccc1CNC(=NC)NCCCOC1CCCCC1. The maximum Gasteiger partial charge on any atom is 0.191 e. The summed E-state index contributed by atoms with van der Waals surface area (Å²) in [6.07, 6.45) is 7.96. The predicted octanol–water partition coefficient (Wildman–Crippen LogP) is 3.49. The summed E-state index contributed by atoms with van der Waals surface area (Å²) in [6.45, 7) is 5.04. The molecule has 1 aromatic carbocycles. The second kappa shape index (κ2) is 11.7. The first-order valence-corrected chi connectivity index (χ1v) is 9.60. The average molecular weight is 348 g/mol. The van der Waals surface area contributed by atoms with Crippen molar-refractivity contribution in [1.29, 1.82) is 0 Å². The Kier molecular flexibility index (Phi) is 9.19. The molecule has 2 rings (SSSR count). The summed E-state index contributed by atoms with van der Waals surface area (Å²) in [5.41, 5.74) is 1.13. The van der Waals surface area contributed by atoms with Gasteiger partial charge in [-0.15, -0.1) is 0 Å². The fourth-order valence-electron chi connectivity index (χ4n) is 3.11. The second-order valence-corrected chi connectivity index (χ2v) is 6.38. The Morgan fingerprint density at radius 3 is 2.72 bits per heavy atom. The van der Waals surface area contributed by atoms with Gasteiger partial charge < -0.3 is 20.1 Å². The number of ether oxygens (including phenoxy) is 2. The topological polar surface area (TPSA) is 54.9 Å². The first-order chi connectivity index (χ1) is 12.3. The molecule has 0 unspecified atom stereocenters. The van der Waals surface area contributed by atoms with E-state index in [-0.39, 0.29) is 0 Å². The van der Waals surface area contributed by atoms with Gasteiger partial charge >= 0.3 is 0 Å². The lowest BCUT2D eigenvalue weighted by atomic mass is 9.98. The molecule has 25 heavy (non-hydrogen) atoms. The smallest absolute Gasteiger partial charge is 0.191 e. The Labute approximate surface area is 152 Å². The van der Waals surface area contributed by atoms with Gasteiger partial charge in [-0.25, -0.2) is 0 Å². The summed E-state index contributed by atoms with van der Waals surface area (Å²) in [4.78, 5) is 4.28. The highest BCUT2D eigenvalue weighted by Crippen LogP contribution is 2.20. The third-order valence-corrected chi connectivity index (χ3v) is 4.46. The van der Waals surface area contributed by atoms with Gasteiger partial charge in [0.1, 0.15) is 5.75 Å². The molecular formula is C20H33N3O2. The molecule has 1 aliphatic carbocycles. The highest BCUT2D eigenvalue weighted by Gasteiger charge is 2.13. The monoisotopic (exact) mass is 347 g/mol. The molecule has 0 bridgehead atoms. The number of guanidine groups is 1. The minimum atomic E-state index is 0.487. The highest BCUT2D eigenvalue weighted by molar-refractivity contribution is 5.79. The van der Waals surface area contributed by atoms with E-state index in [2.05, 4.69) is 21.7 Å². The zero-order valence-electron chi connectivity index (χ0n) is 15.7. The zero-order chi connectivity index (χ0) is 17.7. The van der Waals surface area contributed by atoms with Crippen molar-refractivity contribution < 1.29 is 9.47 Å². The molecule has 2 N–H and O–H groups in total. The zero-order valence-corrected chi connectivity index (χ0v) is 15.7. The van der Waals surface area contributed by atoms with Crippen molar-refractivity contribution in [2.45, 2.75) is 58.1 Å². The molecule has 0 radical (unpaired) electrons. The second-order valence-electron chi connectivity index (χ2n) is 6.38. The molecule has 0 heterocycles. The van der Waals surface area contributed by atoms with Crippen molar-refractivity contribution >= 4 is 5.96 Å². The van der Waals surface area contributed by atoms with E-state index in [1.807, 2.05) is 25.1 Å². The van der Waals surface area contributed by atoms with Crippen LogP contribution in [-0.4, -0.2) is 38.9 Å². The number of hydrogen-bond acceptors (Lipinski definition) is 3. The quantitative estimate of drug-likeness (QED) is 0.408. The van der Waals surface area contributed by atoms with E-state index >= 15 is 0 Å². The number of rotatable bonds is 9. The molecule has 0 atom stereocenters. The Bertz CT molecular complexity index is 513. The van der Waals surface area contributed by atoms with Crippen LogP contribution >= 0.6 is 0 Å². The molecule has 1 aliphatic rings. The van der Waals surface area contributed by atoms with Crippen molar-refractivity contribution in [3.05, 3.63) is 29.8 Å². The van der Waals surface area contributed by atoms with E-state index in [1.54, 1.807) is 7.05 Å². The van der Waals surface area contributed by atoms with Crippen molar-refractivity contribution in [1.82, 2.24) is 10.6 Å². The van der Waals surface area contributed by atoms with Gasteiger partial charge in [0, 0.05) is 32.3 Å². The molecule has 1 saturated carbocycles. The molecular weight excluding hydrogens is 314 g/mol. The van der Waals surface area contributed by atoms with Gasteiger partial charge in [0.05, 0.1) is 12.7 Å². The highest BCUT2D eigenvalue weighted by atomic mass is 16.5. The minimum Gasteiger partial charge on any atom is -0.494 e. The average Bonchev–Trinajstić information content (AvgIpc) is 2.66. The fraction of sp³-hybridized carbons (Fsp3) is 0.650. The van der Waals surface area contributed by atoms with E-state index in [1.165, 1.54) is 32.1 Å². The number of aliphatic imine (C=N–C) groups is 1. The number of nitrogens with zero attached hydrogens (tertiary/aromatic N) is 1. The molecule has 5 nitrogen and oxygen atoms in total. The maximum atomic E-state index is 5.95. The first kappa shape index (κ1) is 19.6. The molecule has 0 aliphatic heterocycles. The van der Waals surface area contributed by atoms with Crippen molar-refractivity contribution in [2.24, 2.45) is 4.99 Å². The van der Waals surface area contributed by atoms with Crippen LogP contribution in [0.1, 0.15) is 51.0 Å². The molecule has 1 fully saturated rings. The lowest BCUT2D eigenvalue weighted by Crippen LogP contribution is -2.37. The third-order valence-electron chi connectivity index (χ3n) is 4.46. The van der Waals surface area contributed by atoms with Crippen LogP contribution in [0.3, 0.4) is 0 Å². The fourth-order valence-corrected chi connectivity index (χ4v) is 3.11. The van der Waals surface area contributed by atoms with Crippen LogP contribution < -0.4 is 15.4 Å². The van der Waals surface area contributed by atoms with Crippen molar-refractivity contribution in [3.63, 3.8) is 0 Å². The summed E-state index contributed by atoms with van der Waals surface area (Å²) in [7, 11) is 1.79. The van der Waals surface area contributed by atoms with Crippen LogP contribution in [0, 0.1) is 0 Å². The predicted molar refractivity (Wildman–Crippen MR) is 103 cm³/mol. The van der Waals surface area contributed by atoms with Gasteiger partial charge in [0.2, 0.25) is 0 Å². The van der Waals surface area contributed by atoms with Crippen LogP contribution in [0.4, 0.5) is 0 Å². The number of para-hydroxylation sites is 1. The summed E-state index contributed by atoms with van der Waals surface area (Å²) in [5, 5.41) is 6.69.